The normalized spacial score (nSPS) is 17.4. The summed E-state index contributed by atoms with van der Waals surface area (Å²) in [4.78, 5) is 14.6. The number of nitrogens with one attached hydrogen (secondary N) is 1. The van der Waals surface area contributed by atoms with E-state index in [0.29, 0.717) is 12.5 Å². The van der Waals surface area contributed by atoms with Crippen molar-refractivity contribution in [2.24, 2.45) is 11.8 Å². The first-order valence-electron chi connectivity index (χ1n) is 7.69. The SMILES string of the molecule is CC(C)CN1CCC(C(=O)NCc2ccccc2)CC1. The van der Waals surface area contributed by atoms with Gasteiger partial charge in [0.1, 0.15) is 0 Å². The molecule has 1 saturated heterocycles. The number of hydrogen-bond acceptors (Lipinski definition) is 2. The third-order valence-electron chi connectivity index (χ3n) is 3.89. The Bertz CT molecular complexity index is 408. The minimum absolute atomic E-state index is 0.196. The summed E-state index contributed by atoms with van der Waals surface area (Å²) in [7, 11) is 0. The van der Waals surface area contributed by atoms with Gasteiger partial charge in [-0.05, 0) is 37.4 Å². The summed E-state index contributed by atoms with van der Waals surface area (Å²) in [6.07, 6.45) is 1.99. The van der Waals surface area contributed by atoms with Crippen LogP contribution >= 0.6 is 0 Å². The lowest BCUT2D eigenvalue weighted by molar-refractivity contribution is -0.126. The van der Waals surface area contributed by atoms with Crippen molar-refractivity contribution < 1.29 is 4.79 Å². The fourth-order valence-electron chi connectivity index (χ4n) is 2.82. The van der Waals surface area contributed by atoms with E-state index in [0.717, 1.165) is 38.0 Å². The van der Waals surface area contributed by atoms with Crippen LogP contribution in [-0.4, -0.2) is 30.4 Å². The lowest BCUT2D eigenvalue weighted by Gasteiger charge is -2.32. The van der Waals surface area contributed by atoms with E-state index >= 15 is 0 Å². The van der Waals surface area contributed by atoms with E-state index in [9.17, 15) is 4.79 Å². The number of likely N-dealkylation sites (tertiary alicyclic amines) is 1. The summed E-state index contributed by atoms with van der Waals surface area (Å²) < 4.78 is 0. The van der Waals surface area contributed by atoms with Crippen LogP contribution in [0.2, 0.25) is 0 Å². The lowest BCUT2D eigenvalue weighted by atomic mass is 9.95. The highest BCUT2D eigenvalue weighted by atomic mass is 16.1. The number of hydrogen-bond donors (Lipinski definition) is 1. The van der Waals surface area contributed by atoms with E-state index in [-0.39, 0.29) is 11.8 Å². The minimum Gasteiger partial charge on any atom is -0.352 e. The quantitative estimate of drug-likeness (QED) is 0.895. The molecular weight excluding hydrogens is 248 g/mol. The second-order valence-electron chi connectivity index (χ2n) is 6.17. The summed E-state index contributed by atoms with van der Waals surface area (Å²) >= 11 is 0. The molecule has 0 unspecified atom stereocenters. The van der Waals surface area contributed by atoms with Gasteiger partial charge in [-0.25, -0.2) is 0 Å². The van der Waals surface area contributed by atoms with Gasteiger partial charge in [-0.3, -0.25) is 4.79 Å². The first kappa shape index (κ1) is 15.0. The number of rotatable bonds is 5. The maximum Gasteiger partial charge on any atom is 0.223 e. The van der Waals surface area contributed by atoms with Crippen LogP contribution < -0.4 is 5.32 Å². The summed E-state index contributed by atoms with van der Waals surface area (Å²) in [5, 5.41) is 3.07. The number of piperidine rings is 1. The molecule has 0 aromatic heterocycles. The number of amides is 1. The van der Waals surface area contributed by atoms with Crippen molar-refractivity contribution in [3.8, 4) is 0 Å². The second kappa shape index (κ2) is 7.44. The van der Waals surface area contributed by atoms with Gasteiger partial charge < -0.3 is 10.2 Å². The minimum atomic E-state index is 0.196. The molecule has 110 valence electrons. The molecule has 0 radical (unpaired) electrons. The molecule has 1 N–H and O–H groups in total. The van der Waals surface area contributed by atoms with Crippen molar-refractivity contribution in [1.82, 2.24) is 10.2 Å². The molecule has 0 atom stereocenters. The standard InChI is InChI=1S/C17H26N2O/c1-14(2)13-19-10-8-16(9-11-19)17(20)18-12-15-6-4-3-5-7-15/h3-7,14,16H,8-13H2,1-2H3,(H,18,20). The van der Waals surface area contributed by atoms with E-state index < -0.39 is 0 Å². The Morgan fingerprint density at radius 2 is 1.90 bits per heavy atom. The largest absolute Gasteiger partial charge is 0.352 e. The molecule has 1 aliphatic heterocycles. The molecule has 1 heterocycles. The number of nitrogens with zero attached hydrogens (tertiary/aromatic N) is 1. The molecule has 3 nitrogen and oxygen atoms in total. The molecule has 2 rings (SSSR count). The zero-order chi connectivity index (χ0) is 14.4. The molecule has 0 spiro atoms. The highest BCUT2D eigenvalue weighted by molar-refractivity contribution is 5.78. The fourth-order valence-corrected chi connectivity index (χ4v) is 2.82. The molecule has 1 aromatic rings. The predicted octanol–water partition coefficient (Wildman–Crippen LogP) is 2.67. The van der Waals surface area contributed by atoms with Gasteiger partial charge in [0, 0.05) is 19.0 Å². The summed E-state index contributed by atoms with van der Waals surface area (Å²) in [6, 6.07) is 10.1. The molecule has 0 aliphatic carbocycles. The van der Waals surface area contributed by atoms with Crippen LogP contribution in [-0.2, 0) is 11.3 Å². The Morgan fingerprint density at radius 1 is 1.25 bits per heavy atom. The van der Waals surface area contributed by atoms with Crippen molar-refractivity contribution in [3.05, 3.63) is 35.9 Å². The van der Waals surface area contributed by atoms with E-state index in [1.165, 1.54) is 0 Å². The van der Waals surface area contributed by atoms with Crippen molar-refractivity contribution in [2.45, 2.75) is 33.2 Å². The topological polar surface area (TPSA) is 32.3 Å². The zero-order valence-electron chi connectivity index (χ0n) is 12.6. The van der Waals surface area contributed by atoms with Crippen molar-refractivity contribution >= 4 is 5.91 Å². The highest BCUT2D eigenvalue weighted by Gasteiger charge is 2.24. The molecule has 3 heteroatoms. The van der Waals surface area contributed by atoms with Crippen LogP contribution in [0.5, 0.6) is 0 Å². The van der Waals surface area contributed by atoms with Gasteiger partial charge in [-0.2, -0.15) is 0 Å². The van der Waals surface area contributed by atoms with E-state index in [1.807, 2.05) is 30.3 Å². The number of carbonyl (C=O) groups is 1. The molecule has 1 aromatic carbocycles. The van der Waals surface area contributed by atoms with Crippen molar-refractivity contribution in [3.63, 3.8) is 0 Å². The van der Waals surface area contributed by atoms with Crippen LogP contribution in [0.25, 0.3) is 0 Å². The first-order chi connectivity index (χ1) is 9.65. The summed E-state index contributed by atoms with van der Waals surface area (Å²) in [5.41, 5.74) is 1.16. The molecular formula is C17H26N2O. The predicted molar refractivity (Wildman–Crippen MR) is 82.3 cm³/mol. The molecule has 0 saturated carbocycles. The van der Waals surface area contributed by atoms with Crippen LogP contribution in [0.1, 0.15) is 32.3 Å². The Morgan fingerprint density at radius 3 is 2.50 bits per heavy atom. The maximum atomic E-state index is 12.2. The monoisotopic (exact) mass is 274 g/mol. The third kappa shape index (κ3) is 4.64. The summed E-state index contributed by atoms with van der Waals surface area (Å²) in [6.45, 7) is 8.41. The van der Waals surface area contributed by atoms with Crippen molar-refractivity contribution in [1.29, 1.82) is 0 Å². The third-order valence-corrected chi connectivity index (χ3v) is 3.89. The van der Waals surface area contributed by atoms with Gasteiger partial charge in [-0.1, -0.05) is 44.2 Å². The highest BCUT2D eigenvalue weighted by Crippen LogP contribution is 2.18. The van der Waals surface area contributed by atoms with E-state index in [1.54, 1.807) is 0 Å². The van der Waals surface area contributed by atoms with Gasteiger partial charge >= 0.3 is 0 Å². The van der Waals surface area contributed by atoms with Crippen LogP contribution in [0.15, 0.2) is 30.3 Å². The Labute approximate surface area is 122 Å². The number of carbonyl (C=O) groups excluding carboxylic acids is 1. The van der Waals surface area contributed by atoms with Gasteiger partial charge in [0.15, 0.2) is 0 Å². The second-order valence-corrected chi connectivity index (χ2v) is 6.17. The first-order valence-corrected chi connectivity index (χ1v) is 7.69. The van der Waals surface area contributed by atoms with E-state index in [2.05, 4.69) is 24.1 Å². The number of benzene rings is 1. The van der Waals surface area contributed by atoms with Gasteiger partial charge in [0.05, 0.1) is 0 Å². The Hall–Kier alpha value is -1.35. The van der Waals surface area contributed by atoms with Gasteiger partial charge in [0.2, 0.25) is 5.91 Å². The molecule has 1 fully saturated rings. The maximum absolute atomic E-state index is 12.2. The zero-order valence-corrected chi connectivity index (χ0v) is 12.6. The Balaban J connectivity index is 1.72. The average molecular weight is 274 g/mol. The molecule has 20 heavy (non-hydrogen) atoms. The molecule has 0 bridgehead atoms. The van der Waals surface area contributed by atoms with Gasteiger partial charge in [0.25, 0.3) is 0 Å². The summed E-state index contributed by atoms with van der Waals surface area (Å²) in [5.74, 6) is 1.12. The molecule has 1 aliphatic rings. The Kier molecular flexibility index (Phi) is 5.60. The molecule has 1 amide bonds. The van der Waals surface area contributed by atoms with Gasteiger partial charge in [-0.15, -0.1) is 0 Å². The fraction of sp³-hybridized carbons (Fsp3) is 0.588. The van der Waals surface area contributed by atoms with Crippen LogP contribution in [0.4, 0.5) is 0 Å². The van der Waals surface area contributed by atoms with Crippen molar-refractivity contribution in [2.75, 3.05) is 19.6 Å². The smallest absolute Gasteiger partial charge is 0.223 e. The van der Waals surface area contributed by atoms with Crippen LogP contribution in [0.3, 0.4) is 0 Å². The van der Waals surface area contributed by atoms with E-state index in [4.69, 9.17) is 0 Å². The lowest BCUT2D eigenvalue weighted by Crippen LogP contribution is -2.41. The van der Waals surface area contributed by atoms with Crippen LogP contribution in [0, 0.1) is 11.8 Å². The average Bonchev–Trinajstić information content (AvgIpc) is 2.46.